The fourth-order valence-electron chi connectivity index (χ4n) is 1.37. The molecule has 0 spiro atoms. The average Bonchev–Trinajstić information content (AvgIpc) is 2.45. The molecule has 5 nitrogen and oxygen atoms in total. The van der Waals surface area contributed by atoms with Crippen LogP contribution >= 0.6 is 0 Å². The zero-order valence-corrected chi connectivity index (χ0v) is 8.48. The Morgan fingerprint density at radius 1 is 1.43 bits per heavy atom. The van der Waals surface area contributed by atoms with Crippen molar-refractivity contribution in [3.05, 3.63) is 5.82 Å². The molecule has 0 unspecified atom stereocenters. The molecule has 74 valence electrons. The number of rotatable bonds is 1. The molecule has 2 rings (SSSR count). The molecule has 0 aromatic carbocycles. The molecule has 1 aliphatic heterocycles. The van der Waals surface area contributed by atoms with Crippen molar-refractivity contribution in [3.8, 4) is 0 Å². The molecule has 0 bridgehead atoms. The van der Waals surface area contributed by atoms with E-state index >= 15 is 0 Å². The van der Waals surface area contributed by atoms with E-state index in [9.17, 15) is 4.79 Å². The van der Waals surface area contributed by atoms with Crippen LogP contribution in [0.4, 0.5) is 5.95 Å². The molecule has 0 atom stereocenters. The van der Waals surface area contributed by atoms with Crippen LogP contribution in [0.25, 0.3) is 0 Å². The van der Waals surface area contributed by atoms with Gasteiger partial charge < -0.3 is 0 Å². The van der Waals surface area contributed by atoms with Crippen molar-refractivity contribution in [1.82, 2.24) is 14.8 Å². The molecule has 2 heterocycles. The summed E-state index contributed by atoms with van der Waals surface area (Å²) in [5.41, 5.74) is 0.884. The van der Waals surface area contributed by atoms with E-state index in [1.807, 2.05) is 13.8 Å². The Bertz CT molecular complexity index is 416. The first-order valence-electron chi connectivity index (χ1n) is 4.62. The lowest BCUT2D eigenvalue weighted by Crippen LogP contribution is -2.23. The second-order valence-electron chi connectivity index (χ2n) is 3.70. The molecule has 0 saturated carbocycles. The maximum absolute atomic E-state index is 11.6. The maximum atomic E-state index is 11.6. The third kappa shape index (κ3) is 1.34. The van der Waals surface area contributed by atoms with Gasteiger partial charge in [-0.15, -0.1) is 5.10 Å². The number of carbonyl (C=O) groups excluding carboxylic acids is 1. The first-order valence-corrected chi connectivity index (χ1v) is 4.62. The highest BCUT2D eigenvalue weighted by atomic mass is 16.2. The standard InChI is InChI=1S/C9H12N4O/c1-5(2)7-4-8(14)13-9(11-7)10-6(3)12-13/h5H,4H2,1-3H3. The molecule has 5 heteroatoms. The lowest BCUT2D eigenvalue weighted by Gasteiger charge is -2.13. The number of fused-ring (bicyclic) bond motifs is 1. The zero-order valence-electron chi connectivity index (χ0n) is 8.48. The highest BCUT2D eigenvalue weighted by Crippen LogP contribution is 2.19. The quantitative estimate of drug-likeness (QED) is 0.675. The summed E-state index contributed by atoms with van der Waals surface area (Å²) in [4.78, 5) is 20.0. The van der Waals surface area contributed by atoms with Crippen molar-refractivity contribution in [1.29, 1.82) is 0 Å². The van der Waals surface area contributed by atoms with E-state index in [0.29, 0.717) is 18.2 Å². The number of hydrogen-bond donors (Lipinski definition) is 0. The Labute approximate surface area is 81.9 Å². The van der Waals surface area contributed by atoms with Crippen LogP contribution in [0.5, 0.6) is 0 Å². The van der Waals surface area contributed by atoms with Gasteiger partial charge in [0.05, 0.1) is 6.42 Å². The first kappa shape index (κ1) is 9.05. The van der Waals surface area contributed by atoms with Gasteiger partial charge in [0.25, 0.3) is 11.9 Å². The molecule has 1 aromatic heterocycles. The Morgan fingerprint density at radius 2 is 2.14 bits per heavy atom. The number of aromatic nitrogens is 3. The Balaban J connectivity index is 2.49. The van der Waals surface area contributed by atoms with E-state index in [4.69, 9.17) is 0 Å². The molecule has 0 saturated heterocycles. The predicted molar refractivity (Wildman–Crippen MR) is 51.9 cm³/mol. The molecule has 14 heavy (non-hydrogen) atoms. The first-order chi connectivity index (χ1) is 6.58. The molecule has 1 aromatic rings. The Morgan fingerprint density at radius 3 is 2.79 bits per heavy atom. The van der Waals surface area contributed by atoms with E-state index in [1.165, 1.54) is 4.68 Å². The maximum Gasteiger partial charge on any atom is 0.255 e. The molecule has 0 amide bonds. The third-order valence-corrected chi connectivity index (χ3v) is 2.17. The van der Waals surface area contributed by atoms with Crippen molar-refractivity contribution < 1.29 is 4.79 Å². The van der Waals surface area contributed by atoms with E-state index < -0.39 is 0 Å². The van der Waals surface area contributed by atoms with Gasteiger partial charge in [-0.05, 0) is 12.8 Å². The summed E-state index contributed by atoms with van der Waals surface area (Å²) in [6.07, 6.45) is 0.355. The number of hydrogen-bond acceptors (Lipinski definition) is 4. The minimum Gasteiger partial charge on any atom is -0.272 e. The smallest absolute Gasteiger partial charge is 0.255 e. The summed E-state index contributed by atoms with van der Waals surface area (Å²) in [7, 11) is 0. The second kappa shape index (κ2) is 3.01. The fourth-order valence-corrected chi connectivity index (χ4v) is 1.37. The lowest BCUT2D eigenvalue weighted by molar-refractivity contribution is 0.0904. The van der Waals surface area contributed by atoms with Gasteiger partial charge in [0.2, 0.25) is 0 Å². The molecular formula is C9H12N4O. The van der Waals surface area contributed by atoms with Crippen LogP contribution in [-0.2, 0) is 0 Å². The molecule has 0 N–H and O–H groups in total. The van der Waals surface area contributed by atoms with Crippen LogP contribution in [0.3, 0.4) is 0 Å². The fraction of sp³-hybridized carbons (Fsp3) is 0.556. The SMILES string of the molecule is Cc1nc2n(n1)C(=O)CC(C(C)C)=N2. The third-order valence-electron chi connectivity index (χ3n) is 2.17. The lowest BCUT2D eigenvalue weighted by atomic mass is 10.0. The van der Waals surface area contributed by atoms with Gasteiger partial charge in [0, 0.05) is 5.71 Å². The Hall–Kier alpha value is -1.52. The molecule has 0 fully saturated rings. The van der Waals surface area contributed by atoms with Crippen LogP contribution < -0.4 is 0 Å². The second-order valence-corrected chi connectivity index (χ2v) is 3.70. The topological polar surface area (TPSA) is 60.1 Å². The average molecular weight is 192 g/mol. The van der Waals surface area contributed by atoms with E-state index in [1.54, 1.807) is 6.92 Å². The van der Waals surface area contributed by atoms with Crippen molar-refractivity contribution >= 4 is 17.6 Å². The van der Waals surface area contributed by atoms with Crippen molar-refractivity contribution in [2.45, 2.75) is 27.2 Å². The zero-order chi connectivity index (χ0) is 10.3. The van der Waals surface area contributed by atoms with Gasteiger partial charge in [-0.2, -0.15) is 9.67 Å². The summed E-state index contributed by atoms with van der Waals surface area (Å²) in [6, 6.07) is 0. The molecule has 1 aliphatic rings. The van der Waals surface area contributed by atoms with Gasteiger partial charge in [-0.1, -0.05) is 13.8 Å². The summed E-state index contributed by atoms with van der Waals surface area (Å²) in [6.45, 7) is 5.79. The van der Waals surface area contributed by atoms with Gasteiger partial charge in [-0.25, -0.2) is 4.99 Å². The molecule has 0 aliphatic carbocycles. The minimum atomic E-state index is -0.0423. The predicted octanol–water partition coefficient (Wildman–Crippen LogP) is 1.36. The van der Waals surface area contributed by atoms with E-state index in [2.05, 4.69) is 15.1 Å². The van der Waals surface area contributed by atoms with Gasteiger partial charge in [0.15, 0.2) is 0 Å². The highest BCUT2D eigenvalue weighted by molar-refractivity contribution is 6.06. The Kier molecular flexibility index (Phi) is 1.94. The number of nitrogens with zero attached hydrogens (tertiary/aromatic N) is 4. The number of carbonyl (C=O) groups is 1. The van der Waals surface area contributed by atoms with E-state index in [0.717, 1.165) is 5.71 Å². The highest BCUT2D eigenvalue weighted by Gasteiger charge is 2.23. The van der Waals surface area contributed by atoms with Crippen LogP contribution in [0.1, 0.15) is 30.9 Å². The summed E-state index contributed by atoms with van der Waals surface area (Å²) in [5.74, 6) is 1.24. The van der Waals surface area contributed by atoms with Crippen molar-refractivity contribution in [2.24, 2.45) is 10.9 Å². The van der Waals surface area contributed by atoms with Crippen LogP contribution in [0.2, 0.25) is 0 Å². The van der Waals surface area contributed by atoms with Crippen molar-refractivity contribution in [3.63, 3.8) is 0 Å². The van der Waals surface area contributed by atoms with Crippen molar-refractivity contribution in [2.75, 3.05) is 0 Å². The van der Waals surface area contributed by atoms with E-state index in [-0.39, 0.29) is 11.8 Å². The molecular weight excluding hydrogens is 180 g/mol. The summed E-state index contributed by atoms with van der Waals surface area (Å²) < 4.78 is 1.28. The van der Waals surface area contributed by atoms with Gasteiger partial charge in [0.1, 0.15) is 5.82 Å². The van der Waals surface area contributed by atoms with Crippen LogP contribution in [0, 0.1) is 12.8 Å². The minimum absolute atomic E-state index is 0.0423. The molecule has 0 radical (unpaired) electrons. The van der Waals surface area contributed by atoms with Gasteiger partial charge in [-0.3, -0.25) is 4.79 Å². The van der Waals surface area contributed by atoms with Crippen LogP contribution in [0.15, 0.2) is 4.99 Å². The largest absolute Gasteiger partial charge is 0.272 e. The number of aryl methyl sites for hydroxylation is 1. The number of aliphatic imine (C=N–C) groups is 1. The van der Waals surface area contributed by atoms with Gasteiger partial charge >= 0.3 is 0 Å². The summed E-state index contributed by atoms with van der Waals surface area (Å²) >= 11 is 0. The summed E-state index contributed by atoms with van der Waals surface area (Å²) in [5, 5.41) is 3.97. The monoisotopic (exact) mass is 192 g/mol. The van der Waals surface area contributed by atoms with Crippen LogP contribution in [-0.4, -0.2) is 26.4 Å². The normalized spacial score (nSPS) is 15.7.